The van der Waals surface area contributed by atoms with Gasteiger partial charge in [-0.05, 0) is 67.3 Å². The van der Waals surface area contributed by atoms with Crippen molar-refractivity contribution in [3.8, 4) is 17.2 Å². The molecule has 10 heteroatoms. The van der Waals surface area contributed by atoms with Crippen LogP contribution in [-0.2, 0) is 14.8 Å². The van der Waals surface area contributed by atoms with E-state index in [4.69, 9.17) is 14.2 Å². The van der Waals surface area contributed by atoms with Crippen LogP contribution in [0.4, 0.5) is 0 Å². The van der Waals surface area contributed by atoms with Gasteiger partial charge >= 0.3 is 5.97 Å². The van der Waals surface area contributed by atoms with Gasteiger partial charge in [-0.15, -0.1) is 0 Å². The normalized spacial score (nSPS) is 20.3. The van der Waals surface area contributed by atoms with Crippen molar-refractivity contribution in [2.24, 2.45) is 5.92 Å². The van der Waals surface area contributed by atoms with Gasteiger partial charge in [0.15, 0.2) is 11.5 Å². The number of aryl methyl sites for hydroxylation is 2. The highest BCUT2D eigenvalue weighted by atomic mass is 32.2. The summed E-state index contributed by atoms with van der Waals surface area (Å²) in [4.78, 5) is 15.3. The Bertz CT molecular complexity index is 1540. The molecule has 3 aromatic rings. The van der Waals surface area contributed by atoms with Gasteiger partial charge in [0.1, 0.15) is 5.75 Å². The van der Waals surface area contributed by atoms with E-state index in [1.165, 1.54) is 4.31 Å². The number of benzene rings is 3. The summed E-state index contributed by atoms with van der Waals surface area (Å²) < 4.78 is 45.6. The van der Waals surface area contributed by atoms with Crippen LogP contribution in [0.2, 0.25) is 0 Å². The van der Waals surface area contributed by atoms with Gasteiger partial charge in [0, 0.05) is 38.1 Å². The van der Waals surface area contributed by atoms with Crippen molar-refractivity contribution in [2.75, 3.05) is 40.1 Å². The molecule has 2 heterocycles. The Balaban J connectivity index is 1.49. The van der Waals surface area contributed by atoms with Crippen molar-refractivity contribution < 1.29 is 32.5 Å². The quantitative estimate of drug-likeness (QED) is 0.331. The average molecular weight is 595 g/mol. The fourth-order valence-corrected chi connectivity index (χ4v) is 7.94. The van der Waals surface area contributed by atoms with E-state index in [0.717, 1.165) is 16.7 Å². The van der Waals surface area contributed by atoms with Gasteiger partial charge in [-0.2, -0.15) is 4.31 Å². The first-order valence-corrected chi connectivity index (χ1v) is 15.7. The molecule has 0 spiro atoms. The molecule has 0 radical (unpaired) electrons. The Morgan fingerprint density at radius 2 is 1.71 bits per heavy atom. The zero-order chi connectivity index (χ0) is 30.0. The summed E-state index contributed by atoms with van der Waals surface area (Å²) in [5.74, 6) is -0.108. The molecular weight excluding hydrogens is 556 g/mol. The Morgan fingerprint density at radius 1 is 1.00 bits per heavy atom. The van der Waals surface area contributed by atoms with E-state index < -0.39 is 28.0 Å². The largest absolute Gasteiger partial charge is 0.497 e. The molecule has 1 saturated heterocycles. The van der Waals surface area contributed by atoms with Crippen molar-refractivity contribution in [3.63, 3.8) is 0 Å². The lowest BCUT2D eigenvalue weighted by Crippen LogP contribution is -2.40. The summed E-state index contributed by atoms with van der Waals surface area (Å²) in [5, 5.41) is 10.6. The Hall–Kier alpha value is -3.60. The third kappa shape index (κ3) is 5.84. The van der Waals surface area contributed by atoms with Gasteiger partial charge < -0.3 is 19.3 Å². The lowest BCUT2D eigenvalue weighted by atomic mass is 9.82. The van der Waals surface area contributed by atoms with Crippen LogP contribution in [0, 0.1) is 19.8 Å². The number of fused-ring (bicyclic) bond motifs is 1. The zero-order valence-electron chi connectivity index (χ0n) is 24.4. The highest BCUT2D eigenvalue weighted by Crippen LogP contribution is 2.47. The van der Waals surface area contributed by atoms with Crippen molar-refractivity contribution >= 4 is 16.0 Å². The molecule has 0 saturated carbocycles. The van der Waals surface area contributed by atoms with Crippen LogP contribution in [0.3, 0.4) is 0 Å². The lowest BCUT2D eigenvalue weighted by molar-refractivity contribution is -0.143. The first-order chi connectivity index (χ1) is 20.1. The van der Waals surface area contributed by atoms with E-state index >= 15 is 0 Å². The van der Waals surface area contributed by atoms with Crippen LogP contribution in [0.5, 0.6) is 17.2 Å². The summed E-state index contributed by atoms with van der Waals surface area (Å²) in [6.45, 7) is 7.25. The summed E-state index contributed by atoms with van der Waals surface area (Å²) in [5.41, 5.74) is 3.40. The number of methoxy groups -OCH3 is 1. The standard InChI is InChI=1S/C32H38N2O7S/c1-5-14-34(42(37,38)29-13-6-21(2)17-22(29)3)16-15-33-19-26(24-9-12-27-28(18-24)41-20-40-27)30(32(35)36)31(33)23-7-10-25(39-4)11-8-23/h6-13,17-18,26,30-31H,5,14-16,19-20H2,1-4H3,(H,35,36). The van der Waals surface area contributed by atoms with E-state index in [2.05, 4.69) is 4.90 Å². The Labute approximate surface area is 247 Å². The van der Waals surface area contributed by atoms with E-state index in [-0.39, 0.29) is 19.3 Å². The van der Waals surface area contributed by atoms with Gasteiger partial charge in [0.05, 0.1) is 17.9 Å². The molecule has 42 heavy (non-hydrogen) atoms. The van der Waals surface area contributed by atoms with Crippen molar-refractivity contribution in [1.29, 1.82) is 0 Å². The summed E-state index contributed by atoms with van der Waals surface area (Å²) in [7, 11) is -2.16. The number of ether oxygens (including phenoxy) is 3. The van der Waals surface area contributed by atoms with Gasteiger partial charge in [-0.1, -0.05) is 42.8 Å². The fraction of sp³-hybridized carbons (Fsp3) is 0.406. The molecular formula is C32H38N2O7S. The molecule has 0 bridgehead atoms. The second-order valence-electron chi connectivity index (χ2n) is 11.0. The number of carboxylic acids is 1. The van der Waals surface area contributed by atoms with Crippen LogP contribution < -0.4 is 14.2 Å². The highest BCUT2D eigenvalue weighted by molar-refractivity contribution is 7.89. The predicted octanol–water partition coefficient (Wildman–Crippen LogP) is 4.98. The van der Waals surface area contributed by atoms with E-state index in [1.807, 2.05) is 75.4 Å². The molecule has 9 nitrogen and oxygen atoms in total. The first kappa shape index (κ1) is 29.9. The molecule has 224 valence electrons. The number of sulfonamides is 1. The van der Waals surface area contributed by atoms with Crippen LogP contribution in [0.1, 0.15) is 47.6 Å². The maximum absolute atomic E-state index is 13.8. The van der Waals surface area contributed by atoms with Crippen LogP contribution in [0.15, 0.2) is 65.6 Å². The van der Waals surface area contributed by atoms with Crippen LogP contribution >= 0.6 is 0 Å². The number of aliphatic carboxylic acids is 1. The summed E-state index contributed by atoms with van der Waals surface area (Å²) >= 11 is 0. The number of hydrogen-bond acceptors (Lipinski definition) is 7. The number of nitrogens with zero attached hydrogens (tertiary/aromatic N) is 2. The Morgan fingerprint density at radius 3 is 2.38 bits per heavy atom. The number of carboxylic acid groups (broad SMARTS) is 1. The van der Waals surface area contributed by atoms with E-state index in [1.54, 1.807) is 13.2 Å². The molecule has 0 aromatic heterocycles. The number of rotatable bonds is 11. The Kier molecular flexibility index (Phi) is 8.77. The van der Waals surface area contributed by atoms with Gasteiger partial charge in [0.25, 0.3) is 0 Å². The minimum absolute atomic E-state index is 0.134. The van der Waals surface area contributed by atoms with Gasteiger partial charge in [-0.3, -0.25) is 9.69 Å². The zero-order valence-corrected chi connectivity index (χ0v) is 25.3. The maximum Gasteiger partial charge on any atom is 0.309 e. The van der Waals surface area contributed by atoms with Gasteiger partial charge in [-0.25, -0.2) is 8.42 Å². The van der Waals surface area contributed by atoms with E-state index in [0.29, 0.717) is 53.8 Å². The molecule has 5 rings (SSSR count). The van der Waals surface area contributed by atoms with Crippen molar-refractivity contribution in [1.82, 2.24) is 9.21 Å². The smallest absolute Gasteiger partial charge is 0.309 e. The second-order valence-corrected chi connectivity index (χ2v) is 12.9. The first-order valence-electron chi connectivity index (χ1n) is 14.2. The molecule has 3 unspecified atom stereocenters. The topological polar surface area (TPSA) is 106 Å². The monoisotopic (exact) mass is 594 g/mol. The number of likely N-dealkylation sites (tertiary alicyclic amines) is 1. The highest BCUT2D eigenvalue weighted by Gasteiger charge is 2.47. The molecule has 0 aliphatic carbocycles. The minimum Gasteiger partial charge on any atom is -0.497 e. The summed E-state index contributed by atoms with van der Waals surface area (Å²) in [6.07, 6.45) is 0.656. The van der Waals surface area contributed by atoms with E-state index in [9.17, 15) is 18.3 Å². The maximum atomic E-state index is 13.8. The lowest BCUT2D eigenvalue weighted by Gasteiger charge is -2.30. The molecule has 0 amide bonds. The molecule has 3 aromatic carbocycles. The minimum atomic E-state index is -3.75. The molecule has 1 N–H and O–H groups in total. The molecule has 1 fully saturated rings. The van der Waals surface area contributed by atoms with Crippen LogP contribution in [0.25, 0.3) is 0 Å². The third-order valence-electron chi connectivity index (χ3n) is 8.22. The average Bonchev–Trinajstić information content (AvgIpc) is 3.59. The van der Waals surface area contributed by atoms with Crippen molar-refractivity contribution in [2.45, 2.75) is 44.0 Å². The molecule has 3 atom stereocenters. The fourth-order valence-electron chi connectivity index (χ4n) is 6.21. The van der Waals surface area contributed by atoms with Crippen molar-refractivity contribution in [3.05, 3.63) is 82.9 Å². The summed E-state index contributed by atoms with van der Waals surface area (Å²) in [6, 6.07) is 17.9. The second kappa shape index (κ2) is 12.3. The van der Waals surface area contributed by atoms with Gasteiger partial charge in [0.2, 0.25) is 16.8 Å². The number of carbonyl (C=O) groups is 1. The third-order valence-corrected chi connectivity index (χ3v) is 10.3. The molecule has 2 aliphatic heterocycles. The molecule has 2 aliphatic rings. The predicted molar refractivity (Wildman–Crippen MR) is 159 cm³/mol. The number of hydrogen-bond donors (Lipinski definition) is 1. The SMILES string of the molecule is CCCN(CCN1CC(c2ccc3c(c2)OCO3)C(C(=O)O)C1c1ccc(OC)cc1)S(=O)(=O)c1ccc(C)cc1C. The van der Waals surface area contributed by atoms with Crippen LogP contribution in [-0.4, -0.2) is 68.8 Å².